The Hall–Kier alpha value is -7.05. The predicted octanol–water partition coefficient (Wildman–Crippen LogP) is 6.68. The summed E-state index contributed by atoms with van der Waals surface area (Å²) in [6.07, 6.45) is 28.4. The molecule has 0 spiro atoms. The normalized spacial score (nSPS) is 13.5. The van der Waals surface area contributed by atoms with Crippen molar-refractivity contribution in [2.75, 3.05) is 4.90 Å². The number of hydrogen-bond donors (Lipinski definition) is 0. The number of carbonyl (C=O) groups is 1. The maximum Gasteiger partial charge on any atom is 0.277 e. The largest absolute Gasteiger partial charge is 0.324 e. The molecule has 0 atom stereocenters. The highest BCUT2D eigenvalue weighted by molar-refractivity contribution is 6.13. The molecule has 4 heterocycles. The second-order valence-corrected chi connectivity index (χ2v) is 12.1. The zero-order chi connectivity index (χ0) is 34.4. The van der Waals surface area contributed by atoms with E-state index in [1.54, 1.807) is 0 Å². The van der Waals surface area contributed by atoms with E-state index in [0.29, 0.717) is 11.3 Å². The molecular formula is C45H34N5O+3. The molecule has 242 valence electrons. The molecule has 51 heavy (non-hydrogen) atoms. The van der Waals surface area contributed by atoms with Gasteiger partial charge in [-0.05, 0) is 70.5 Å². The Morgan fingerprint density at radius 2 is 1.04 bits per heavy atom. The Bertz CT molecular complexity index is 2440. The van der Waals surface area contributed by atoms with E-state index in [1.807, 2.05) is 119 Å². The number of rotatable bonds is 5. The Balaban J connectivity index is 0.905. The average molecular weight is 661 g/mol. The van der Waals surface area contributed by atoms with Gasteiger partial charge >= 0.3 is 0 Å². The highest BCUT2D eigenvalue weighted by Gasteiger charge is 2.13. The van der Waals surface area contributed by atoms with Gasteiger partial charge in [0, 0.05) is 96.5 Å². The van der Waals surface area contributed by atoms with E-state index >= 15 is 0 Å². The summed E-state index contributed by atoms with van der Waals surface area (Å²) in [5.74, 6) is -0.278. The lowest BCUT2D eigenvalue weighted by Crippen LogP contribution is -2.29. The van der Waals surface area contributed by atoms with Crippen LogP contribution in [0.3, 0.4) is 0 Å². The van der Waals surface area contributed by atoms with E-state index in [0.717, 1.165) is 44.7 Å². The Kier molecular flexibility index (Phi) is 8.70. The summed E-state index contributed by atoms with van der Waals surface area (Å²) in [6, 6.07) is 40.7. The lowest BCUT2D eigenvalue weighted by molar-refractivity contribution is -0.596. The highest BCUT2D eigenvalue weighted by atomic mass is 16.1. The van der Waals surface area contributed by atoms with Gasteiger partial charge in [0.2, 0.25) is 17.1 Å². The standard InChI is InChI=1S/C45H34N5O/c51-45(39-11-15-43(16-12-39)49-31-23-37(24-32-49)35-19-27-47(28-20-35)41-7-3-1-4-8-41)46-40-13-17-44(18-14-40)50-33-25-38(26-34-50)36-21-29-48(30-22-36)42-9-5-2-6-10-42/h1-34H/q+3. The van der Waals surface area contributed by atoms with Gasteiger partial charge in [-0.3, -0.25) is 4.79 Å². The van der Waals surface area contributed by atoms with Crippen LogP contribution in [0.1, 0.15) is 10.4 Å². The van der Waals surface area contributed by atoms with Gasteiger partial charge in [0.05, 0.1) is 5.71 Å². The van der Waals surface area contributed by atoms with Crippen LogP contribution in [0.25, 0.3) is 28.1 Å². The van der Waals surface area contributed by atoms with Crippen molar-refractivity contribution >= 4 is 22.9 Å². The molecule has 0 saturated heterocycles. The summed E-state index contributed by atoms with van der Waals surface area (Å²) in [7, 11) is 0. The first-order valence-electron chi connectivity index (χ1n) is 16.8. The first kappa shape index (κ1) is 31.2. The second kappa shape index (κ2) is 14.2. The SMILES string of the molecule is O=C(N=C1C=CC(=[n+]2ccc(=C3C=CN(c4ccccc4)C=C3)cc2)C=C1)c1ccc(-[n+]2ccc(-c3cc[n+](-c4ccccc4)cc3)cc2)cc1. The van der Waals surface area contributed by atoms with Crippen LogP contribution in [0.15, 0.2) is 212 Å². The summed E-state index contributed by atoms with van der Waals surface area (Å²) < 4.78 is 6.18. The topological polar surface area (TPSA) is 46.3 Å². The Morgan fingerprint density at radius 3 is 1.61 bits per heavy atom. The molecule has 3 aromatic carbocycles. The van der Waals surface area contributed by atoms with Gasteiger partial charge in [0.1, 0.15) is 0 Å². The van der Waals surface area contributed by atoms with Crippen LogP contribution in [-0.4, -0.2) is 11.6 Å². The number of aromatic nitrogens is 3. The molecule has 6 nitrogen and oxygen atoms in total. The number of pyridine rings is 3. The number of anilines is 1. The Labute approximate surface area is 296 Å². The molecule has 1 aliphatic heterocycles. The van der Waals surface area contributed by atoms with Crippen molar-refractivity contribution in [1.29, 1.82) is 0 Å². The van der Waals surface area contributed by atoms with Gasteiger partial charge in [0.15, 0.2) is 37.2 Å². The number of aliphatic imine (C=N–C) groups is 1. The molecule has 0 bridgehead atoms. The van der Waals surface area contributed by atoms with Gasteiger partial charge < -0.3 is 4.90 Å². The number of para-hydroxylation sites is 2. The number of allylic oxidation sites excluding steroid dienone is 6. The molecule has 0 fully saturated rings. The molecule has 0 N–H and O–H groups in total. The Morgan fingerprint density at radius 1 is 0.510 bits per heavy atom. The van der Waals surface area contributed by atoms with Crippen molar-refractivity contribution in [3.63, 3.8) is 0 Å². The molecule has 8 rings (SSSR count). The molecule has 3 aromatic heterocycles. The van der Waals surface area contributed by atoms with Crippen LogP contribution >= 0.6 is 0 Å². The first-order chi connectivity index (χ1) is 25.2. The van der Waals surface area contributed by atoms with Crippen LogP contribution < -0.4 is 23.5 Å². The average Bonchev–Trinajstić information content (AvgIpc) is 3.22. The number of hydrogen-bond acceptors (Lipinski definition) is 2. The van der Waals surface area contributed by atoms with E-state index in [9.17, 15) is 4.79 Å². The van der Waals surface area contributed by atoms with Gasteiger partial charge in [-0.15, -0.1) is 0 Å². The lowest BCUT2D eigenvalue weighted by Gasteiger charge is -2.18. The van der Waals surface area contributed by atoms with E-state index in [4.69, 9.17) is 0 Å². The molecule has 0 unspecified atom stereocenters. The number of carbonyl (C=O) groups excluding carboxylic acids is 1. The van der Waals surface area contributed by atoms with Crippen LogP contribution in [0, 0.1) is 5.71 Å². The molecule has 0 radical (unpaired) electrons. The fraction of sp³-hybridized carbons (Fsp3) is 0. The minimum atomic E-state index is -0.278. The minimum Gasteiger partial charge on any atom is -0.324 e. The van der Waals surface area contributed by atoms with Gasteiger partial charge in [-0.25, -0.2) is 4.99 Å². The lowest BCUT2D eigenvalue weighted by atomic mass is 10.1. The maximum atomic E-state index is 13.0. The summed E-state index contributed by atoms with van der Waals surface area (Å²) in [6.45, 7) is 0. The molecular weight excluding hydrogens is 627 g/mol. The predicted molar refractivity (Wildman–Crippen MR) is 200 cm³/mol. The van der Waals surface area contributed by atoms with Crippen molar-refractivity contribution < 1.29 is 18.2 Å². The second-order valence-electron chi connectivity index (χ2n) is 12.1. The zero-order valence-corrected chi connectivity index (χ0v) is 27.8. The van der Waals surface area contributed by atoms with Crippen molar-refractivity contribution in [3.8, 4) is 22.5 Å². The van der Waals surface area contributed by atoms with E-state index < -0.39 is 0 Å². The quantitative estimate of drug-likeness (QED) is 0.194. The first-order valence-corrected chi connectivity index (χ1v) is 16.8. The molecule has 2 aliphatic rings. The molecule has 6 aromatic rings. The fourth-order valence-corrected chi connectivity index (χ4v) is 6.02. The third-order valence-corrected chi connectivity index (χ3v) is 8.88. The fourth-order valence-electron chi connectivity index (χ4n) is 6.02. The summed E-state index contributed by atoms with van der Waals surface area (Å²) in [5.41, 5.74) is 8.76. The summed E-state index contributed by atoms with van der Waals surface area (Å²) >= 11 is 0. The van der Waals surface area contributed by atoms with Gasteiger partial charge in [0.25, 0.3) is 5.91 Å². The smallest absolute Gasteiger partial charge is 0.277 e. The van der Waals surface area contributed by atoms with Crippen molar-refractivity contribution in [3.05, 3.63) is 224 Å². The summed E-state index contributed by atoms with van der Waals surface area (Å²) in [5, 5.41) is 1.13. The van der Waals surface area contributed by atoms with Crippen molar-refractivity contribution in [2.45, 2.75) is 0 Å². The molecule has 0 saturated carbocycles. The van der Waals surface area contributed by atoms with Gasteiger partial charge in [-0.1, -0.05) is 36.4 Å². The number of nitrogens with zero attached hydrogens (tertiary/aromatic N) is 5. The monoisotopic (exact) mass is 660 g/mol. The molecule has 1 amide bonds. The van der Waals surface area contributed by atoms with Crippen molar-refractivity contribution in [2.24, 2.45) is 4.99 Å². The molecule has 6 heteroatoms. The van der Waals surface area contributed by atoms with E-state index in [1.165, 1.54) is 0 Å². The van der Waals surface area contributed by atoms with Crippen LogP contribution in [0.4, 0.5) is 5.69 Å². The summed E-state index contributed by atoms with van der Waals surface area (Å²) in [4.78, 5) is 19.5. The van der Waals surface area contributed by atoms with E-state index in [2.05, 4.69) is 112 Å². The van der Waals surface area contributed by atoms with Crippen LogP contribution in [-0.2, 0) is 0 Å². The zero-order valence-electron chi connectivity index (χ0n) is 27.8. The third kappa shape index (κ3) is 7.07. The van der Waals surface area contributed by atoms with Crippen molar-refractivity contribution in [1.82, 2.24) is 0 Å². The van der Waals surface area contributed by atoms with Crippen LogP contribution in [0.5, 0.6) is 0 Å². The minimum absolute atomic E-state index is 0.278. The number of amides is 1. The molecule has 1 aliphatic carbocycles. The highest BCUT2D eigenvalue weighted by Crippen LogP contribution is 2.19. The van der Waals surface area contributed by atoms with Gasteiger partial charge in [-0.2, -0.15) is 13.4 Å². The van der Waals surface area contributed by atoms with E-state index in [-0.39, 0.29) is 5.91 Å². The number of benzene rings is 3. The van der Waals surface area contributed by atoms with Crippen LogP contribution in [0.2, 0.25) is 0 Å². The third-order valence-electron chi connectivity index (χ3n) is 8.88. The maximum absolute atomic E-state index is 13.0.